The number of ether oxygens (including phenoxy) is 1. The van der Waals surface area contributed by atoms with E-state index in [1.807, 2.05) is 6.07 Å². The maximum absolute atomic E-state index is 6.04. The Morgan fingerprint density at radius 3 is 1.32 bits per heavy atom. The Morgan fingerprint density at radius 2 is 0.903 bits per heavy atom. The van der Waals surface area contributed by atoms with Crippen molar-refractivity contribution in [1.82, 2.24) is 0 Å². The third-order valence-electron chi connectivity index (χ3n) is 5.48. The second-order valence-corrected chi connectivity index (χ2v) is 11.0. The Labute approximate surface area is 197 Å². The summed E-state index contributed by atoms with van der Waals surface area (Å²) in [5, 5.41) is 4.31. The van der Waals surface area contributed by atoms with Crippen LogP contribution in [0.1, 0.15) is 12.0 Å². The van der Waals surface area contributed by atoms with E-state index in [4.69, 9.17) is 4.74 Å². The van der Waals surface area contributed by atoms with Crippen LogP contribution in [0.15, 0.2) is 121 Å². The number of hydrogen-bond donors (Lipinski definition) is 0. The lowest BCUT2D eigenvalue weighted by atomic mass is 10.2. The predicted octanol–water partition coefficient (Wildman–Crippen LogP) is 2.59. The van der Waals surface area contributed by atoms with Gasteiger partial charge in [0.25, 0.3) is 0 Å². The van der Waals surface area contributed by atoms with E-state index >= 15 is 0 Å². The van der Waals surface area contributed by atoms with Gasteiger partial charge in [-0.25, -0.2) is 0 Å². The van der Waals surface area contributed by atoms with E-state index in [-0.39, 0.29) is 17.0 Å². The van der Waals surface area contributed by atoms with Gasteiger partial charge in [-0.3, -0.25) is 0 Å². The lowest BCUT2D eigenvalue weighted by Crippen LogP contribution is -3.00. The van der Waals surface area contributed by atoms with Crippen molar-refractivity contribution < 1.29 is 21.7 Å². The first kappa shape index (κ1) is 23.4. The van der Waals surface area contributed by atoms with Gasteiger partial charge in [0, 0.05) is 6.42 Å². The van der Waals surface area contributed by atoms with Crippen LogP contribution in [0.25, 0.3) is 0 Å². The van der Waals surface area contributed by atoms with E-state index in [1.165, 1.54) is 21.5 Å². The monoisotopic (exact) mass is 490 g/mol. The normalized spacial score (nSPS) is 11.0. The molecule has 0 heterocycles. The molecular weight excluding hydrogens is 463 g/mol. The third kappa shape index (κ3) is 5.71. The zero-order valence-corrected chi connectivity index (χ0v) is 20.1. The molecule has 158 valence electrons. The first-order valence-electron chi connectivity index (χ1n) is 10.6. The Hall–Kier alpha value is -2.25. The van der Waals surface area contributed by atoms with E-state index in [1.54, 1.807) is 0 Å². The van der Waals surface area contributed by atoms with Crippen molar-refractivity contribution in [1.29, 1.82) is 0 Å². The van der Waals surface area contributed by atoms with Crippen LogP contribution >= 0.6 is 7.26 Å². The van der Waals surface area contributed by atoms with Crippen LogP contribution in [0, 0.1) is 0 Å². The average molecular weight is 491 g/mol. The molecular formula is C28H28BrOP. The fourth-order valence-corrected chi connectivity index (χ4v) is 8.37. The molecule has 4 rings (SSSR count). The summed E-state index contributed by atoms with van der Waals surface area (Å²) < 4.78 is 6.04. The van der Waals surface area contributed by atoms with Gasteiger partial charge in [0.15, 0.2) is 0 Å². The Morgan fingerprint density at radius 1 is 0.516 bits per heavy atom. The molecule has 0 atom stereocenters. The summed E-state index contributed by atoms with van der Waals surface area (Å²) >= 11 is 0. The van der Waals surface area contributed by atoms with E-state index in [0.717, 1.165) is 19.2 Å². The third-order valence-corrected chi connectivity index (χ3v) is 10.0. The van der Waals surface area contributed by atoms with Crippen molar-refractivity contribution in [3.05, 3.63) is 127 Å². The summed E-state index contributed by atoms with van der Waals surface area (Å²) in [5.41, 5.74) is 1.23. The fraction of sp³-hybridized carbons (Fsp3) is 0.143. The molecule has 3 heteroatoms. The molecule has 0 radical (unpaired) electrons. The molecule has 0 saturated carbocycles. The van der Waals surface area contributed by atoms with Gasteiger partial charge in [-0.2, -0.15) is 0 Å². The van der Waals surface area contributed by atoms with Gasteiger partial charge in [-0.1, -0.05) is 84.9 Å². The van der Waals surface area contributed by atoms with Crippen molar-refractivity contribution in [2.45, 2.75) is 13.0 Å². The van der Waals surface area contributed by atoms with E-state index in [0.29, 0.717) is 6.61 Å². The van der Waals surface area contributed by atoms with Gasteiger partial charge in [-0.05, 0) is 42.0 Å². The van der Waals surface area contributed by atoms with Crippen molar-refractivity contribution in [2.75, 3.05) is 12.8 Å². The zero-order valence-electron chi connectivity index (χ0n) is 17.6. The molecule has 4 aromatic carbocycles. The SMILES string of the molecule is [Br-].c1ccc(COCCC[P+](c2ccccc2)(c2ccccc2)c2ccccc2)cc1. The summed E-state index contributed by atoms with van der Waals surface area (Å²) in [6.07, 6.45) is 2.12. The molecule has 0 aliphatic carbocycles. The number of rotatable bonds is 9. The number of halogens is 1. The molecule has 0 aliphatic rings. The molecule has 31 heavy (non-hydrogen) atoms. The summed E-state index contributed by atoms with van der Waals surface area (Å²) in [6.45, 7) is 1.44. The van der Waals surface area contributed by atoms with Crippen molar-refractivity contribution in [3.63, 3.8) is 0 Å². The highest BCUT2D eigenvalue weighted by Crippen LogP contribution is 2.55. The second kappa shape index (κ2) is 12.0. The number of hydrogen-bond acceptors (Lipinski definition) is 1. The minimum atomic E-state index is -1.75. The van der Waals surface area contributed by atoms with Crippen LogP contribution in [0.2, 0.25) is 0 Å². The molecule has 0 bridgehead atoms. The molecule has 0 saturated heterocycles. The lowest BCUT2D eigenvalue weighted by molar-refractivity contribution is -0.00000634. The largest absolute Gasteiger partial charge is 1.00 e. The summed E-state index contributed by atoms with van der Waals surface area (Å²) in [5.74, 6) is 0. The average Bonchev–Trinajstić information content (AvgIpc) is 2.84. The zero-order chi connectivity index (χ0) is 20.5. The minimum Gasteiger partial charge on any atom is -1.00 e. The van der Waals surface area contributed by atoms with Gasteiger partial charge < -0.3 is 21.7 Å². The van der Waals surface area contributed by atoms with Crippen LogP contribution in [-0.4, -0.2) is 12.8 Å². The quantitative estimate of drug-likeness (QED) is 0.259. The standard InChI is InChI=1S/C28H28OP.BrH/c1-5-14-25(15-6-1)24-29-22-13-23-30(26-16-7-2-8-17-26,27-18-9-3-10-19-27)28-20-11-4-12-21-28;/h1-12,14-21H,13,22-24H2;1H/q+1;/p-1. The highest BCUT2D eigenvalue weighted by molar-refractivity contribution is 7.95. The van der Waals surface area contributed by atoms with Crippen molar-refractivity contribution in [3.8, 4) is 0 Å². The van der Waals surface area contributed by atoms with Crippen LogP contribution in [-0.2, 0) is 11.3 Å². The van der Waals surface area contributed by atoms with Gasteiger partial charge in [0.1, 0.15) is 23.2 Å². The van der Waals surface area contributed by atoms with Crippen molar-refractivity contribution in [2.24, 2.45) is 0 Å². The molecule has 0 unspecified atom stereocenters. The molecule has 0 fully saturated rings. The fourth-order valence-electron chi connectivity index (χ4n) is 4.05. The first-order chi connectivity index (χ1) is 14.9. The topological polar surface area (TPSA) is 9.23 Å². The molecule has 0 aromatic heterocycles. The highest BCUT2D eigenvalue weighted by Gasteiger charge is 2.44. The van der Waals surface area contributed by atoms with Gasteiger partial charge in [0.05, 0.1) is 19.4 Å². The Balaban J connectivity index is 0.00000272. The van der Waals surface area contributed by atoms with Crippen LogP contribution in [0.5, 0.6) is 0 Å². The molecule has 0 spiro atoms. The molecule has 4 aromatic rings. The molecule has 0 amide bonds. The van der Waals surface area contributed by atoms with Crippen LogP contribution in [0.4, 0.5) is 0 Å². The number of benzene rings is 4. The Bertz CT molecular complexity index is 911. The lowest BCUT2D eigenvalue weighted by Gasteiger charge is -2.27. The molecule has 1 nitrogen and oxygen atoms in total. The summed E-state index contributed by atoms with van der Waals surface area (Å²) in [6, 6.07) is 43.6. The maximum atomic E-state index is 6.04. The Kier molecular flexibility index (Phi) is 9.03. The highest BCUT2D eigenvalue weighted by atomic mass is 79.9. The summed E-state index contributed by atoms with van der Waals surface area (Å²) in [4.78, 5) is 0. The predicted molar refractivity (Wildman–Crippen MR) is 131 cm³/mol. The van der Waals surface area contributed by atoms with Gasteiger partial charge >= 0.3 is 0 Å². The van der Waals surface area contributed by atoms with Crippen LogP contribution < -0.4 is 32.9 Å². The summed E-state index contributed by atoms with van der Waals surface area (Å²) in [7, 11) is -1.75. The van der Waals surface area contributed by atoms with E-state index in [2.05, 4.69) is 115 Å². The van der Waals surface area contributed by atoms with Gasteiger partial charge in [0.2, 0.25) is 0 Å². The minimum absolute atomic E-state index is 0. The van der Waals surface area contributed by atoms with Gasteiger partial charge in [-0.15, -0.1) is 0 Å². The maximum Gasteiger partial charge on any atom is 0.112 e. The first-order valence-corrected chi connectivity index (χ1v) is 12.5. The molecule has 0 N–H and O–H groups in total. The van der Waals surface area contributed by atoms with Crippen molar-refractivity contribution >= 4 is 23.2 Å². The van der Waals surface area contributed by atoms with E-state index < -0.39 is 7.26 Å². The molecule has 0 aliphatic heterocycles. The smallest absolute Gasteiger partial charge is 0.112 e. The van der Waals surface area contributed by atoms with Crippen LogP contribution in [0.3, 0.4) is 0 Å². The second-order valence-electron chi connectivity index (χ2n) is 7.43. The van der Waals surface area contributed by atoms with E-state index in [9.17, 15) is 0 Å².